The van der Waals surface area contributed by atoms with Crippen molar-refractivity contribution in [3.05, 3.63) is 0 Å². The molecule has 0 unspecified atom stereocenters. The number of rotatable bonds is 0. The minimum absolute atomic E-state index is 0. The molecule has 0 saturated carbocycles. The van der Waals surface area contributed by atoms with Crippen LogP contribution < -0.4 is 0 Å². The Labute approximate surface area is 99.2 Å². The summed E-state index contributed by atoms with van der Waals surface area (Å²) in [6.45, 7) is 0. The summed E-state index contributed by atoms with van der Waals surface area (Å²) >= 11 is 0.0556. The molecule has 0 amide bonds. The Balaban J connectivity index is -0.00000000500. The predicted octanol–water partition coefficient (Wildman–Crippen LogP) is -0.121. The van der Waals surface area contributed by atoms with E-state index in [9.17, 15) is 0 Å². The molecular formula is CeHfLaO. The molecule has 0 aliphatic carbocycles. The van der Waals surface area contributed by atoms with E-state index in [1.54, 1.807) is 0 Å². The topological polar surface area (TPSA) is 17.1 Å². The molecule has 0 heterocycles. The normalized spacial score (nSPS) is 0.750. The van der Waals surface area contributed by atoms with Crippen LogP contribution in [-0.4, -0.2) is 0 Å². The van der Waals surface area contributed by atoms with Gasteiger partial charge < -0.3 is 0 Å². The standard InChI is InChI=1S/Ce.Hf.La.O. The van der Waals surface area contributed by atoms with E-state index in [1.807, 2.05) is 0 Å². The van der Waals surface area contributed by atoms with Crippen molar-refractivity contribution in [2.45, 2.75) is 0 Å². The van der Waals surface area contributed by atoms with E-state index in [-0.39, 0.29) is 101 Å². The second-order valence-electron chi connectivity index (χ2n) is 0. The fraction of sp³-hybridized carbons (Fsp3) is 0. The zero-order valence-corrected chi connectivity index (χ0v) is 12.3. The molecule has 0 saturated heterocycles. The molecule has 1 radical (unpaired) electrons. The van der Waals surface area contributed by atoms with Gasteiger partial charge in [0, 0.05) is 61.4 Å². The van der Waals surface area contributed by atoms with Crippen molar-refractivity contribution < 1.29 is 102 Å². The SMILES string of the molecule is [Hf].[La].[O]=[Ce]. The molecule has 4 heteroatoms. The van der Waals surface area contributed by atoms with Crippen LogP contribution in [0.5, 0.6) is 0 Å². The second-order valence-corrected chi connectivity index (χ2v) is 0. The number of hydrogen-bond acceptors (Lipinski definition) is 1. The molecule has 17 valence electrons. The van der Waals surface area contributed by atoms with Gasteiger partial charge in [0.2, 0.25) is 0 Å². The van der Waals surface area contributed by atoms with E-state index in [0.717, 1.165) is 0 Å². The number of hydrogen-bond donors (Lipinski definition) is 0. The van der Waals surface area contributed by atoms with Gasteiger partial charge in [-0.05, 0) is 0 Å². The van der Waals surface area contributed by atoms with Crippen LogP contribution >= 0.6 is 0 Å². The Morgan fingerprint density at radius 3 is 1.25 bits per heavy atom. The van der Waals surface area contributed by atoms with E-state index in [2.05, 4.69) is 0 Å². The fourth-order valence-corrected chi connectivity index (χ4v) is 0. The molecule has 0 aromatic rings. The average Bonchev–Trinajstić information content (AvgIpc) is 1.00. The zero-order valence-electron chi connectivity index (χ0n) is 1.99. The van der Waals surface area contributed by atoms with Gasteiger partial charge in [0.25, 0.3) is 0 Å². The third-order valence-electron chi connectivity index (χ3n) is 0. The van der Waals surface area contributed by atoms with Gasteiger partial charge in [-0.15, -0.1) is 0 Å². The Bertz CT molecular complexity index is 8.00. The van der Waals surface area contributed by atoms with Crippen LogP contribution in [0.25, 0.3) is 0 Å². The van der Waals surface area contributed by atoms with Crippen LogP contribution in [0.1, 0.15) is 0 Å². The van der Waals surface area contributed by atoms with Gasteiger partial charge >= 0.3 is 40.7 Å². The molecular weight excluding hydrogens is 474 g/mol. The van der Waals surface area contributed by atoms with Gasteiger partial charge in [-0.2, -0.15) is 0 Å². The Kier molecular flexibility index (Phi) is 64.0. The predicted molar refractivity (Wildman–Crippen MR) is 0.686 cm³/mol. The minimum atomic E-state index is 0. The van der Waals surface area contributed by atoms with Crippen molar-refractivity contribution in [2.24, 2.45) is 0 Å². The summed E-state index contributed by atoms with van der Waals surface area (Å²) in [6, 6.07) is 0. The van der Waals surface area contributed by atoms with Gasteiger partial charge in [-0.3, -0.25) is 0 Å². The van der Waals surface area contributed by atoms with Gasteiger partial charge in [0.05, 0.1) is 0 Å². The first-order valence-corrected chi connectivity index (χ1v) is 1.49. The van der Waals surface area contributed by atoms with Crippen LogP contribution in [0, 0.1) is 75.4 Å². The molecule has 0 bridgehead atoms. The van der Waals surface area contributed by atoms with E-state index >= 15 is 0 Å². The summed E-state index contributed by atoms with van der Waals surface area (Å²) in [5.41, 5.74) is 0. The summed E-state index contributed by atoms with van der Waals surface area (Å²) < 4.78 is 8.39. The van der Waals surface area contributed by atoms with Crippen LogP contribution in [0.3, 0.4) is 0 Å². The van der Waals surface area contributed by atoms with Gasteiger partial charge in [0.1, 0.15) is 0 Å². The summed E-state index contributed by atoms with van der Waals surface area (Å²) in [7, 11) is 0. The molecule has 0 rings (SSSR count). The van der Waals surface area contributed by atoms with Crippen LogP contribution in [0.4, 0.5) is 0 Å². The van der Waals surface area contributed by atoms with Crippen molar-refractivity contribution in [1.82, 2.24) is 0 Å². The van der Waals surface area contributed by atoms with Crippen molar-refractivity contribution in [1.29, 1.82) is 0 Å². The zero-order chi connectivity index (χ0) is 2.00. The van der Waals surface area contributed by atoms with E-state index in [0.29, 0.717) is 0 Å². The maximum absolute atomic E-state index is 8.39. The quantitative estimate of drug-likeness (QED) is 0.449. The Morgan fingerprint density at radius 1 is 1.25 bits per heavy atom. The van der Waals surface area contributed by atoms with Crippen LogP contribution in [-0.2, 0) is 26.8 Å². The molecule has 0 aromatic heterocycles. The summed E-state index contributed by atoms with van der Waals surface area (Å²) in [4.78, 5) is 0. The first-order chi connectivity index (χ1) is 1.00. The van der Waals surface area contributed by atoms with Crippen molar-refractivity contribution >= 4 is 0 Å². The molecule has 0 aromatic carbocycles. The van der Waals surface area contributed by atoms with Crippen molar-refractivity contribution in [3.8, 4) is 0 Å². The molecule has 0 aliphatic heterocycles. The summed E-state index contributed by atoms with van der Waals surface area (Å²) in [5.74, 6) is 0. The van der Waals surface area contributed by atoms with Crippen molar-refractivity contribution in [2.75, 3.05) is 0 Å². The monoisotopic (exact) mass is 475 g/mol. The van der Waals surface area contributed by atoms with E-state index < -0.39 is 0 Å². The molecule has 0 fully saturated rings. The van der Waals surface area contributed by atoms with Crippen LogP contribution in [0.2, 0.25) is 0 Å². The van der Waals surface area contributed by atoms with E-state index in [4.69, 9.17) is 0.938 Å². The average molecular weight is 474 g/mol. The fourth-order valence-electron chi connectivity index (χ4n) is 0. The second kappa shape index (κ2) is 16.3. The Hall–Kier alpha value is 3.24. The summed E-state index contributed by atoms with van der Waals surface area (Å²) in [5, 5.41) is 0. The van der Waals surface area contributed by atoms with Gasteiger partial charge in [-0.25, -0.2) is 0 Å². The third kappa shape index (κ3) is 8.97. The molecule has 0 N–H and O–H groups in total. The van der Waals surface area contributed by atoms with Gasteiger partial charge in [0.15, 0.2) is 0 Å². The first-order valence-electron chi connectivity index (χ1n) is 0.204. The van der Waals surface area contributed by atoms with E-state index in [1.165, 1.54) is 0 Å². The van der Waals surface area contributed by atoms with Crippen molar-refractivity contribution in [3.63, 3.8) is 0 Å². The van der Waals surface area contributed by atoms with Crippen LogP contribution in [0.15, 0.2) is 0 Å². The molecule has 4 heavy (non-hydrogen) atoms. The molecule has 0 aliphatic rings. The third-order valence-corrected chi connectivity index (χ3v) is 0. The maximum atomic E-state index is 8.39. The first kappa shape index (κ1) is 15.7. The summed E-state index contributed by atoms with van der Waals surface area (Å²) in [6.07, 6.45) is 0. The molecule has 1 nitrogen and oxygen atoms in total. The van der Waals surface area contributed by atoms with Gasteiger partial charge in [-0.1, -0.05) is 0 Å². The molecule has 0 spiro atoms. The Morgan fingerprint density at radius 2 is 1.25 bits per heavy atom. The molecule has 0 atom stereocenters.